The summed E-state index contributed by atoms with van der Waals surface area (Å²) < 4.78 is 0. The number of nitrogens with zero attached hydrogens (tertiary/aromatic N) is 2. The monoisotopic (exact) mass is 254 g/mol. The molecule has 0 radical (unpaired) electrons. The summed E-state index contributed by atoms with van der Waals surface area (Å²) in [5.41, 5.74) is 5.87. The average Bonchev–Trinajstić information content (AvgIpc) is 2.85. The highest BCUT2D eigenvalue weighted by molar-refractivity contribution is 7.13. The number of aromatic nitrogens is 1. The number of anilines is 1. The zero-order chi connectivity index (χ0) is 12.4. The van der Waals surface area contributed by atoms with Crippen LogP contribution in [0.1, 0.15) is 23.8 Å². The lowest BCUT2D eigenvalue weighted by atomic mass is 10.2. The molecule has 1 aromatic rings. The van der Waals surface area contributed by atoms with Gasteiger partial charge in [0.1, 0.15) is 5.69 Å². The largest absolute Gasteiger partial charge is 0.375 e. The fourth-order valence-electron chi connectivity index (χ4n) is 1.90. The molecule has 1 fully saturated rings. The van der Waals surface area contributed by atoms with Crippen molar-refractivity contribution < 1.29 is 9.59 Å². The number of amides is 2. The van der Waals surface area contributed by atoms with Crippen molar-refractivity contribution in [3.8, 4) is 0 Å². The van der Waals surface area contributed by atoms with Crippen molar-refractivity contribution in [1.82, 2.24) is 15.2 Å². The van der Waals surface area contributed by atoms with E-state index < -0.39 is 0 Å². The molecule has 1 saturated heterocycles. The number of hydrogen-bond acceptors (Lipinski definition) is 5. The van der Waals surface area contributed by atoms with Crippen LogP contribution in [0.3, 0.4) is 0 Å². The lowest BCUT2D eigenvalue weighted by Crippen LogP contribution is -2.37. The van der Waals surface area contributed by atoms with E-state index in [9.17, 15) is 9.59 Å². The van der Waals surface area contributed by atoms with E-state index in [4.69, 9.17) is 5.73 Å². The zero-order valence-corrected chi connectivity index (χ0v) is 10.3. The van der Waals surface area contributed by atoms with E-state index in [-0.39, 0.29) is 17.9 Å². The predicted molar refractivity (Wildman–Crippen MR) is 64.7 cm³/mol. The molecule has 0 spiro atoms. The highest BCUT2D eigenvalue weighted by Gasteiger charge is 2.28. The highest BCUT2D eigenvalue weighted by atomic mass is 32.1. The first kappa shape index (κ1) is 11.8. The first-order valence-corrected chi connectivity index (χ1v) is 6.21. The molecule has 1 aliphatic rings. The van der Waals surface area contributed by atoms with Crippen LogP contribution in [0.2, 0.25) is 0 Å². The summed E-state index contributed by atoms with van der Waals surface area (Å²) in [4.78, 5) is 28.5. The van der Waals surface area contributed by atoms with Gasteiger partial charge in [-0.25, -0.2) is 4.98 Å². The number of nitrogen functional groups attached to an aromatic ring is 1. The van der Waals surface area contributed by atoms with E-state index in [0.29, 0.717) is 23.9 Å². The molecule has 7 heteroatoms. The Morgan fingerprint density at radius 1 is 1.65 bits per heavy atom. The summed E-state index contributed by atoms with van der Waals surface area (Å²) in [5, 5.41) is 4.86. The van der Waals surface area contributed by atoms with Crippen LogP contribution in [-0.2, 0) is 4.79 Å². The molecule has 1 aromatic heterocycles. The lowest BCUT2D eigenvalue weighted by molar-refractivity contribution is -0.119. The summed E-state index contributed by atoms with van der Waals surface area (Å²) in [6, 6.07) is 0.0485. The number of hydrogen-bond donors (Lipinski definition) is 2. The first-order chi connectivity index (χ1) is 8.06. The fraction of sp³-hybridized carbons (Fsp3) is 0.500. The third-order valence-corrected chi connectivity index (χ3v) is 3.30. The number of nitrogens with one attached hydrogen (secondary N) is 1. The average molecular weight is 254 g/mol. The minimum atomic E-state index is -0.120. The van der Waals surface area contributed by atoms with E-state index >= 15 is 0 Å². The van der Waals surface area contributed by atoms with Gasteiger partial charge >= 0.3 is 0 Å². The normalized spacial score (nSPS) is 19.4. The summed E-state index contributed by atoms with van der Waals surface area (Å²) in [6.07, 6.45) is 0.783. The molecule has 0 aliphatic carbocycles. The third kappa shape index (κ3) is 2.73. The molecule has 1 unspecified atom stereocenters. The maximum absolute atomic E-state index is 12.0. The molecule has 0 bridgehead atoms. The van der Waals surface area contributed by atoms with Crippen LogP contribution in [0, 0.1) is 0 Å². The van der Waals surface area contributed by atoms with E-state index in [1.54, 1.807) is 10.3 Å². The Morgan fingerprint density at radius 3 is 3.00 bits per heavy atom. The molecule has 2 rings (SSSR count). The number of rotatable bonds is 2. The molecule has 6 nitrogen and oxygen atoms in total. The van der Waals surface area contributed by atoms with Gasteiger partial charge in [0, 0.05) is 31.4 Å². The van der Waals surface area contributed by atoms with E-state index in [1.807, 2.05) is 0 Å². The SMILES string of the molecule is CC(=O)NC1CCN(C(=O)c2csc(N)n2)C1. The number of nitrogens with two attached hydrogens (primary N) is 1. The zero-order valence-electron chi connectivity index (χ0n) is 9.47. The van der Waals surface area contributed by atoms with Crippen molar-refractivity contribution in [2.75, 3.05) is 18.8 Å². The topological polar surface area (TPSA) is 88.3 Å². The third-order valence-electron chi connectivity index (χ3n) is 2.62. The highest BCUT2D eigenvalue weighted by Crippen LogP contribution is 2.16. The summed E-state index contributed by atoms with van der Waals surface area (Å²) in [5.74, 6) is -0.187. The van der Waals surface area contributed by atoms with Gasteiger partial charge in [-0.05, 0) is 6.42 Å². The Hall–Kier alpha value is -1.63. The Labute approximate surface area is 103 Å². The Kier molecular flexibility index (Phi) is 3.28. The summed E-state index contributed by atoms with van der Waals surface area (Å²) in [7, 11) is 0. The molecule has 17 heavy (non-hydrogen) atoms. The molecule has 2 amide bonds. The molecular weight excluding hydrogens is 240 g/mol. The first-order valence-electron chi connectivity index (χ1n) is 5.33. The Morgan fingerprint density at radius 2 is 2.41 bits per heavy atom. The van der Waals surface area contributed by atoms with Crippen molar-refractivity contribution in [2.24, 2.45) is 0 Å². The standard InChI is InChI=1S/C10H14N4O2S/c1-6(15)12-7-2-3-14(4-7)9(16)8-5-17-10(11)13-8/h5,7H,2-4H2,1H3,(H2,11,13)(H,12,15). The predicted octanol–water partition coefficient (Wildman–Crippen LogP) is 0.0759. The van der Waals surface area contributed by atoms with E-state index in [2.05, 4.69) is 10.3 Å². The van der Waals surface area contributed by atoms with Gasteiger partial charge in [0.15, 0.2) is 5.13 Å². The second-order valence-corrected chi connectivity index (χ2v) is 4.90. The van der Waals surface area contributed by atoms with Gasteiger partial charge in [-0.2, -0.15) is 0 Å². The van der Waals surface area contributed by atoms with E-state index in [1.165, 1.54) is 18.3 Å². The molecule has 0 aromatic carbocycles. The van der Waals surface area contributed by atoms with Crippen LogP contribution >= 0.6 is 11.3 Å². The van der Waals surface area contributed by atoms with Gasteiger partial charge in [-0.15, -0.1) is 11.3 Å². The van der Waals surface area contributed by atoms with Gasteiger partial charge in [-0.3, -0.25) is 9.59 Å². The van der Waals surface area contributed by atoms with Crippen molar-refractivity contribution in [2.45, 2.75) is 19.4 Å². The minimum absolute atomic E-state index is 0.0485. The van der Waals surface area contributed by atoms with Gasteiger partial charge in [-0.1, -0.05) is 0 Å². The minimum Gasteiger partial charge on any atom is -0.375 e. The molecule has 1 atom stereocenters. The van der Waals surface area contributed by atoms with Crippen LogP contribution in [0.4, 0.5) is 5.13 Å². The van der Waals surface area contributed by atoms with Crippen molar-refractivity contribution in [1.29, 1.82) is 0 Å². The van der Waals surface area contributed by atoms with Crippen LogP contribution in [0.5, 0.6) is 0 Å². The van der Waals surface area contributed by atoms with Gasteiger partial charge in [0.25, 0.3) is 5.91 Å². The lowest BCUT2D eigenvalue weighted by Gasteiger charge is -2.15. The van der Waals surface area contributed by atoms with Crippen molar-refractivity contribution >= 4 is 28.3 Å². The number of thiazole rings is 1. The van der Waals surface area contributed by atoms with Gasteiger partial charge in [0.05, 0.1) is 0 Å². The quantitative estimate of drug-likeness (QED) is 0.782. The van der Waals surface area contributed by atoms with Crippen LogP contribution < -0.4 is 11.1 Å². The molecule has 1 aliphatic heterocycles. The van der Waals surface area contributed by atoms with Crippen LogP contribution in [0.15, 0.2) is 5.38 Å². The van der Waals surface area contributed by atoms with Gasteiger partial charge in [0.2, 0.25) is 5.91 Å². The van der Waals surface area contributed by atoms with Gasteiger partial charge < -0.3 is 16.0 Å². The maximum atomic E-state index is 12.0. The number of likely N-dealkylation sites (tertiary alicyclic amines) is 1. The van der Waals surface area contributed by atoms with Crippen LogP contribution in [0.25, 0.3) is 0 Å². The second kappa shape index (κ2) is 4.70. The molecular formula is C10H14N4O2S. The molecule has 3 N–H and O–H groups in total. The molecule has 0 saturated carbocycles. The second-order valence-electron chi connectivity index (χ2n) is 4.01. The number of carbonyl (C=O) groups excluding carboxylic acids is 2. The maximum Gasteiger partial charge on any atom is 0.273 e. The molecule has 92 valence electrons. The molecule has 2 heterocycles. The van der Waals surface area contributed by atoms with Crippen molar-refractivity contribution in [3.05, 3.63) is 11.1 Å². The van der Waals surface area contributed by atoms with E-state index in [0.717, 1.165) is 6.42 Å². The smallest absolute Gasteiger partial charge is 0.273 e. The summed E-state index contributed by atoms with van der Waals surface area (Å²) in [6.45, 7) is 2.66. The fourth-order valence-corrected chi connectivity index (χ4v) is 2.43. The van der Waals surface area contributed by atoms with Crippen molar-refractivity contribution in [3.63, 3.8) is 0 Å². The Balaban J connectivity index is 1.96. The Bertz CT molecular complexity index is 445. The number of carbonyl (C=O) groups is 2. The van der Waals surface area contributed by atoms with Crippen LogP contribution in [-0.4, -0.2) is 40.8 Å². The summed E-state index contributed by atoms with van der Waals surface area (Å²) >= 11 is 1.25.